The van der Waals surface area contributed by atoms with Crippen molar-refractivity contribution >= 4 is 23.6 Å². The van der Waals surface area contributed by atoms with Gasteiger partial charge in [-0.25, -0.2) is 0 Å². The Morgan fingerprint density at radius 3 is 2.61 bits per heavy atom. The molecule has 6 heteroatoms. The fourth-order valence-corrected chi connectivity index (χ4v) is 3.52. The monoisotopic (exact) mass is 332 g/mol. The minimum atomic E-state index is -0.520. The van der Waals surface area contributed by atoms with E-state index in [1.807, 2.05) is 32.9 Å². The van der Waals surface area contributed by atoms with Gasteiger partial charge in [0.15, 0.2) is 0 Å². The number of nitrogens with zero attached hydrogens (tertiary/aromatic N) is 2. The van der Waals surface area contributed by atoms with E-state index >= 15 is 0 Å². The van der Waals surface area contributed by atoms with E-state index in [0.717, 1.165) is 5.56 Å². The number of hydrogen-bond donors (Lipinski definition) is 0. The number of carbonyl (C=O) groups is 2. The van der Waals surface area contributed by atoms with Gasteiger partial charge >= 0.3 is 5.97 Å². The van der Waals surface area contributed by atoms with E-state index in [-0.39, 0.29) is 23.7 Å². The lowest BCUT2D eigenvalue weighted by atomic mass is 10.1. The molecule has 1 fully saturated rings. The van der Waals surface area contributed by atoms with Crippen LogP contribution in [-0.2, 0) is 14.3 Å². The predicted octanol–water partition coefficient (Wildman–Crippen LogP) is 2.86. The Hall–Kier alpha value is -2.00. The lowest BCUT2D eigenvalue weighted by Gasteiger charge is -2.25. The zero-order valence-electron chi connectivity index (χ0n) is 13.5. The summed E-state index contributed by atoms with van der Waals surface area (Å²) in [5, 5.41) is 8.74. The molecule has 0 aromatic heterocycles. The van der Waals surface area contributed by atoms with Crippen LogP contribution in [0.25, 0.3) is 0 Å². The van der Waals surface area contributed by atoms with Crippen LogP contribution in [-0.4, -0.2) is 34.7 Å². The van der Waals surface area contributed by atoms with Crippen molar-refractivity contribution in [3.05, 3.63) is 35.4 Å². The molecule has 0 bridgehead atoms. The number of hydrogen-bond acceptors (Lipinski definition) is 5. The minimum absolute atomic E-state index is 0.0212. The minimum Gasteiger partial charge on any atom is -0.460 e. The highest BCUT2D eigenvalue weighted by Crippen LogP contribution is 2.38. The molecule has 1 heterocycles. The average Bonchev–Trinajstić information content (AvgIpc) is 2.84. The first kappa shape index (κ1) is 17.4. The van der Waals surface area contributed by atoms with Gasteiger partial charge in [-0.05, 0) is 38.5 Å². The summed E-state index contributed by atoms with van der Waals surface area (Å²) < 4.78 is 5.28. The van der Waals surface area contributed by atoms with E-state index in [4.69, 9.17) is 10.00 Å². The van der Waals surface area contributed by atoms with Crippen LogP contribution in [0.4, 0.5) is 0 Å². The van der Waals surface area contributed by atoms with Crippen molar-refractivity contribution in [3.8, 4) is 6.07 Å². The Balaban J connectivity index is 2.02. The lowest BCUT2D eigenvalue weighted by Crippen LogP contribution is -2.32. The Morgan fingerprint density at radius 1 is 1.39 bits per heavy atom. The molecule has 1 aromatic carbocycles. The number of amides is 1. The number of rotatable bonds is 4. The van der Waals surface area contributed by atoms with Crippen LogP contribution in [0.15, 0.2) is 24.3 Å². The van der Waals surface area contributed by atoms with E-state index < -0.39 is 5.60 Å². The van der Waals surface area contributed by atoms with E-state index in [2.05, 4.69) is 6.07 Å². The summed E-state index contributed by atoms with van der Waals surface area (Å²) in [5.74, 6) is 0.118. The zero-order valence-corrected chi connectivity index (χ0v) is 14.4. The van der Waals surface area contributed by atoms with E-state index in [0.29, 0.717) is 17.9 Å². The third-order valence-corrected chi connectivity index (χ3v) is 4.53. The first-order valence-corrected chi connectivity index (χ1v) is 8.48. The molecule has 1 aromatic rings. The maximum absolute atomic E-state index is 12.1. The van der Waals surface area contributed by atoms with Gasteiger partial charge in [-0.3, -0.25) is 9.59 Å². The van der Waals surface area contributed by atoms with Crippen LogP contribution in [0.3, 0.4) is 0 Å². The van der Waals surface area contributed by atoms with Gasteiger partial charge < -0.3 is 9.64 Å². The second-order valence-electron chi connectivity index (χ2n) is 6.32. The molecule has 0 spiro atoms. The normalized spacial score (nSPS) is 17.9. The SMILES string of the molecule is CC(C)(C)OC(=O)CCN1C(=O)CSC1c1ccc(C#N)cc1. The third kappa shape index (κ3) is 4.73. The molecule has 122 valence electrons. The van der Waals surface area contributed by atoms with Gasteiger partial charge in [0.1, 0.15) is 11.0 Å². The van der Waals surface area contributed by atoms with E-state index in [9.17, 15) is 9.59 Å². The van der Waals surface area contributed by atoms with Gasteiger partial charge in [0.2, 0.25) is 5.91 Å². The van der Waals surface area contributed by atoms with E-state index in [1.165, 1.54) is 11.8 Å². The number of ether oxygens (including phenoxy) is 1. The van der Waals surface area contributed by atoms with Gasteiger partial charge in [0, 0.05) is 6.54 Å². The summed E-state index contributed by atoms with van der Waals surface area (Å²) in [7, 11) is 0. The molecule has 5 nitrogen and oxygen atoms in total. The lowest BCUT2D eigenvalue weighted by molar-refractivity contribution is -0.155. The topological polar surface area (TPSA) is 70.4 Å². The van der Waals surface area contributed by atoms with Crippen molar-refractivity contribution < 1.29 is 14.3 Å². The first-order valence-electron chi connectivity index (χ1n) is 7.43. The van der Waals surface area contributed by atoms with E-state index in [1.54, 1.807) is 17.0 Å². The Labute approximate surface area is 140 Å². The number of esters is 1. The molecule has 1 unspecified atom stereocenters. The zero-order chi connectivity index (χ0) is 17.0. The summed E-state index contributed by atoms with van der Waals surface area (Å²) >= 11 is 1.53. The quantitative estimate of drug-likeness (QED) is 0.793. The second kappa shape index (κ2) is 7.05. The molecule has 23 heavy (non-hydrogen) atoms. The number of thioether (sulfide) groups is 1. The van der Waals surface area contributed by atoms with Gasteiger partial charge in [-0.2, -0.15) is 5.26 Å². The maximum atomic E-state index is 12.1. The van der Waals surface area contributed by atoms with Crippen molar-refractivity contribution in [2.75, 3.05) is 12.3 Å². The van der Waals surface area contributed by atoms with Crippen molar-refractivity contribution in [1.82, 2.24) is 4.90 Å². The highest BCUT2D eigenvalue weighted by molar-refractivity contribution is 8.00. The molecular formula is C17H20N2O3S. The number of carbonyl (C=O) groups excluding carboxylic acids is 2. The number of benzene rings is 1. The molecule has 0 aliphatic carbocycles. The van der Waals surface area contributed by atoms with Crippen LogP contribution in [0.1, 0.15) is 43.7 Å². The summed E-state index contributed by atoms with van der Waals surface area (Å²) in [5.41, 5.74) is 1.03. The summed E-state index contributed by atoms with van der Waals surface area (Å²) in [6.07, 6.45) is 0.177. The van der Waals surface area contributed by atoms with Crippen molar-refractivity contribution in [1.29, 1.82) is 5.26 Å². The van der Waals surface area contributed by atoms with Crippen molar-refractivity contribution in [3.63, 3.8) is 0 Å². The first-order chi connectivity index (χ1) is 10.8. The second-order valence-corrected chi connectivity index (χ2v) is 7.39. The summed E-state index contributed by atoms with van der Waals surface area (Å²) in [6.45, 7) is 5.80. The maximum Gasteiger partial charge on any atom is 0.308 e. The molecule has 1 saturated heterocycles. The molecule has 1 atom stereocenters. The van der Waals surface area contributed by atoms with Crippen LogP contribution < -0.4 is 0 Å². The third-order valence-electron chi connectivity index (χ3n) is 3.27. The van der Waals surface area contributed by atoms with Crippen LogP contribution in [0, 0.1) is 11.3 Å². The van der Waals surface area contributed by atoms with Crippen molar-refractivity contribution in [2.24, 2.45) is 0 Å². The van der Waals surface area contributed by atoms with Gasteiger partial charge in [-0.15, -0.1) is 11.8 Å². The smallest absolute Gasteiger partial charge is 0.308 e. The number of nitriles is 1. The van der Waals surface area contributed by atoms with Crippen molar-refractivity contribution in [2.45, 2.75) is 38.2 Å². The Bertz CT molecular complexity index is 629. The van der Waals surface area contributed by atoms with Gasteiger partial charge in [0.05, 0.1) is 23.8 Å². The standard InChI is InChI=1S/C17H20N2O3S/c1-17(2,3)22-15(21)8-9-19-14(20)11-23-16(19)13-6-4-12(10-18)5-7-13/h4-7,16H,8-9,11H2,1-3H3. The fourth-order valence-electron chi connectivity index (χ4n) is 2.30. The largest absolute Gasteiger partial charge is 0.460 e. The molecule has 1 aliphatic heterocycles. The van der Waals surface area contributed by atoms with Gasteiger partial charge in [-0.1, -0.05) is 12.1 Å². The summed E-state index contributed by atoms with van der Waals surface area (Å²) in [6, 6.07) is 9.27. The van der Waals surface area contributed by atoms with Crippen LogP contribution in [0.2, 0.25) is 0 Å². The molecule has 1 amide bonds. The molecule has 0 radical (unpaired) electrons. The highest BCUT2D eigenvalue weighted by Gasteiger charge is 2.33. The van der Waals surface area contributed by atoms with Crippen LogP contribution in [0.5, 0.6) is 0 Å². The Kier molecular flexibility index (Phi) is 5.32. The molecular weight excluding hydrogens is 312 g/mol. The molecule has 1 aliphatic rings. The molecule has 0 saturated carbocycles. The molecule has 2 rings (SSSR count). The highest BCUT2D eigenvalue weighted by atomic mass is 32.2. The Morgan fingerprint density at radius 2 is 2.04 bits per heavy atom. The molecule has 0 N–H and O–H groups in total. The average molecular weight is 332 g/mol. The van der Waals surface area contributed by atoms with Gasteiger partial charge in [0.25, 0.3) is 0 Å². The van der Waals surface area contributed by atoms with Crippen LogP contribution >= 0.6 is 11.8 Å². The predicted molar refractivity (Wildman–Crippen MR) is 88.5 cm³/mol. The fraction of sp³-hybridized carbons (Fsp3) is 0.471. The summed E-state index contributed by atoms with van der Waals surface area (Å²) in [4.78, 5) is 25.6.